The molecule has 1 fully saturated rings. The molecule has 8 nitrogen and oxygen atoms in total. The smallest absolute Gasteiger partial charge is 0.326 e. The Morgan fingerprint density at radius 2 is 1.93 bits per heavy atom. The molecule has 0 saturated carbocycles. The monoisotopic (exact) mass is 404 g/mol. The van der Waals surface area contributed by atoms with Crippen LogP contribution in [-0.2, 0) is 30.3 Å². The Labute approximate surface area is 170 Å². The summed E-state index contributed by atoms with van der Waals surface area (Å²) in [6, 6.07) is 6.93. The number of amides is 2. The highest BCUT2D eigenvalue weighted by molar-refractivity contribution is 6.03. The first-order valence-electron chi connectivity index (χ1n) is 9.79. The molecular formula is C21H28N2O6. The first kappa shape index (κ1) is 22.5. The van der Waals surface area contributed by atoms with Crippen LogP contribution in [-0.4, -0.2) is 70.4 Å². The average Bonchev–Trinajstić information content (AvgIpc) is 3.09. The van der Waals surface area contributed by atoms with Crippen LogP contribution in [0.15, 0.2) is 30.3 Å². The molecule has 0 unspecified atom stereocenters. The van der Waals surface area contributed by atoms with Gasteiger partial charge < -0.3 is 9.84 Å². The molecule has 2 amide bonds. The van der Waals surface area contributed by atoms with Crippen LogP contribution in [0.25, 0.3) is 0 Å². The lowest BCUT2D eigenvalue weighted by molar-refractivity contribution is -0.158. The minimum atomic E-state index is -1.20. The van der Waals surface area contributed by atoms with Gasteiger partial charge in [0.2, 0.25) is 11.8 Å². The van der Waals surface area contributed by atoms with Crippen LogP contribution in [0.2, 0.25) is 0 Å². The Morgan fingerprint density at radius 1 is 1.28 bits per heavy atom. The summed E-state index contributed by atoms with van der Waals surface area (Å²) in [6.45, 7) is 3.49. The summed E-state index contributed by atoms with van der Waals surface area (Å²) < 4.78 is 5.18. The van der Waals surface area contributed by atoms with Gasteiger partial charge in [-0.05, 0) is 45.7 Å². The largest absolute Gasteiger partial charge is 0.480 e. The van der Waals surface area contributed by atoms with Crippen LogP contribution in [0.5, 0.6) is 0 Å². The number of carbonyl (C=O) groups is 4. The van der Waals surface area contributed by atoms with Crippen molar-refractivity contribution in [2.45, 2.75) is 57.7 Å². The van der Waals surface area contributed by atoms with E-state index in [2.05, 4.69) is 0 Å². The van der Waals surface area contributed by atoms with E-state index in [9.17, 15) is 24.3 Å². The summed E-state index contributed by atoms with van der Waals surface area (Å²) in [7, 11) is 1.62. The summed E-state index contributed by atoms with van der Waals surface area (Å²) in [5.74, 6) is -2.77. The highest BCUT2D eigenvalue weighted by atomic mass is 16.5. The number of carbonyl (C=O) groups excluding carboxylic acids is 3. The molecule has 1 aromatic carbocycles. The van der Waals surface area contributed by atoms with Crippen LogP contribution in [0.3, 0.4) is 0 Å². The minimum Gasteiger partial charge on any atom is -0.480 e. The molecule has 8 heteroatoms. The van der Waals surface area contributed by atoms with Crippen molar-refractivity contribution in [2.75, 3.05) is 13.7 Å². The van der Waals surface area contributed by atoms with Gasteiger partial charge in [0.1, 0.15) is 12.1 Å². The van der Waals surface area contributed by atoms with Gasteiger partial charge in [-0.3, -0.25) is 24.2 Å². The number of aryl methyl sites for hydroxylation is 1. The third-order valence-corrected chi connectivity index (χ3v) is 5.30. The topological polar surface area (TPSA) is 104 Å². The predicted octanol–water partition coefficient (Wildman–Crippen LogP) is 1.47. The number of hydrogen-bond donors (Lipinski definition) is 1. The number of imide groups is 1. The van der Waals surface area contributed by atoms with E-state index in [4.69, 9.17) is 4.74 Å². The fraction of sp³-hybridized carbons (Fsp3) is 0.524. The van der Waals surface area contributed by atoms with Crippen LogP contribution in [0.4, 0.5) is 0 Å². The molecule has 0 aliphatic carbocycles. The molecule has 1 aliphatic heterocycles. The summed E-state index contributed by atoms with van der Waals surface area (Å²) in [5.41, 5.74) is 1.05. The van der Waals surface area contributed by atoms with Crippen molar-refractivity contribution in [3.8, 4) is 0 Å². The standard InChI is InChI=1S/C21H28N2O6/c1-4-29-21(28)17(11-10-15-8-6-5-7-9-15)22(3)14(2)19(25)23-16(20(26)27)12-13-18(23)24/h5-9,14,16-17H,4,10-13H2,1-3H3,(H,26,27)/t14-,16-,17-/m0/s1. The average molecular weight is 404 g/mol. The highest BCUT2D eigenvalue weighted by Gasteiger charge is 2.43. The molecular weight excluding hydrogens is 376 g/mol. The first-order chi connectivity index (χ1) is 13.8. The lowest BCUT2D eigenvalue weighted by atomic mass is 10.0. The van der Waals surface area contributed by atoms with Crippen molar-refractivity contribution in [3.05, 3.63) is 35.9 Å². The van der Waals surface area contributed by atoms with E-state index in [1.54, 1.807) is 25.8 Å². The lowest BCUT2D eigenvalue weighted by Gasteiger charge is -2.33. The van der Waals surface area contributed by atoms with E-state index in [0.717, 1.165) is 10.5 Å². The zero-order valence-corrected chi connectivity index (χ0v) is 17.0. The van der Waals surface area contributed by atoms with E-state index in [1.807, 2.05) is 30.3 Å². The number of benzene rings is 1. The summed E-state index contributed by atoms with van der Waals surface area (Å²) in [6.07, 6.45) is 1.16. The second kappa shape index (κ2) is 10.2. The van der Waals surface area contributed by atoms with Crippen LogP contribution in [0, 0.1) is 0 Å². The summed E-state index contributed by atoms with van der Waals surface area (Å²) in [4.78, 5) is 51.4. The van der Waals surface area contributed by atoms with Crippen LogP contribution < -0.4 is 0 Å². The molecule has 2 rings (SSSR count). The molecule has 29 heavy (non-hydrogen) atoms. The lowest BCUT2D eigenvalue weighted by Crippen LogP contribution is -2.55. The van der Waals surface area contributed by atoms with Gasteiger partial charge in [-0.15, -0.1) is 0 Å². The van der Waals surface area contributed by atoms with Gasteiger partial charge >= 0.3 is 11.9 Å². The van der Waals surface area contributed by atoms with Gasteiger partial charge in [-0.1, -0.05) is 30.3 Å². The van der Waals surface area contributed by atoms with Gasteiger partial charge in [-0.25, -0.2) is 4.79 Å². The number of hydrogen-bond acceptors (Lipinski definition) is 6. The molecule has 0 radical (unpaired) electrons. The third kappa shape index (κ3) is 5.41. The fourth-order valence-corrected chi connectivity index (χ4v) is 3.51. The molecule has 158 valence electrons. The number of rotatable bonds is 9. The minimum absolute atomic E-state index is 0.0223. The number of aliphatic carboxylic acids is 1. The first-order valence-corrected chi connectivity index (χ1v) is 9.79. The number of esters is 1. The van der Waals surface area contributed by atoms with E-state index >= 15 is 0 Å². The van der Waals surface area contributed by atoms with E-state index in [-0.39, 0.29) is 19.4 Å². The molecule has 1 heterocycles. The number of carboxylic acid groups (broad SMARTS) is 1. The Balaban J connectivity index is 2.16. The number of likely N-dealkylation sites (tertiary alicyclic amines) is 1. The second-order valence-corrected chi connectivity index (χ2v) is 7.13. The molecule has 3 atom stereocenters. The van der Waals surface area contributed by atoms with Crippen molar-refractivity contribution < 1.29 is 29.0 Å². The van der Waals surface area contributed by atoms with Crippen molar-refractivity contribution in [1.82, 2.24) is 9.80 Å². The second-order valence-electron chi connectivity index (χ2n) is 7.13. The Hall–Kier alpha value is -2.74. The molecule has 1 aliphatic rings. The van der Waals surface area contributed by atoms with Crippen molar-refractivity contribution in [1.29, 1.82) is 0 Å². The van der Waals surface area contributed by atoms with Gasteiger partial charge in [0.05, 0.1) is 12.6 Å². The molecule has 1 N–H and O–H groups in total. The van der Waals surface area contributed by atoms with Crippen LogP contribution >= 0.6 is 0 Å². The fourth-order valence-electron chi connectivity index (χ4n) is 3.51. The number of carboxylic acids is 1. The molecule has 1 saturated heterocycles. The van der Waals surface area contributed by atoms with Crippen LogP contribution in [0.1, 0.15) is 38.7 Å². The Morgan fingerprint density at radius 3 is 2.52 bits per heavy atom. The van der Waals surface area contributed by atoms with E-state index in [0.29, 0.717) is 12.8 Å². The predicted molar refractivity (Wildman–Crippen MR) is 105 cm³/mol. The normalized spacial score (nSPS) is 18.6. The molecule has 0 aromatic heterocycles. The third-order valence-electron chi connectivity index (χ3n) is 5.30. The van der Waals surface area contributed by atoms with Crippen molar-refractivity contribution in [2.24, 2.45) is 0 Å². The van der Waals surface area contributed by atoms with Crippen molar-refractivity contribution >= 4 is 23.8 Å². The maximum atomic E-state index is 12.9. The maximum Gasteiger partial charge on any atom is 0.326 e. The van der Waals surface area contributed by atoms with Crippen molar-refractivity contribution in [3.63, 3.8) is 0 Å². The van der Waals surface area contributed by atoms with Gasteiger partial charge in [0, 0.05) is 6.42 Å². The highest BCUT2D eigenvalue weighted by Crippen LogP contribution is 2.22. The number of nitrogens with zero attached hydrogens (tertiary/aromatic N) is 2. The summed E-state index contributed by atoms with van der Waals surface area (Å²) >= 11 is 0. The van der Waals surface area contributed by atoms with E-state index < -0.39 is 41.9 Å². The molecule has 0 bridgehead atoms. The maximum absolute atomic E-state index is 12.9. The van der Waals surface area contributed by atoms with Gasteiger partial charge in [0.15, 0.2) is 0 Å². The van der Waals surface area contributed by atoms with E-state index in [1.165, 1.54) is 0 Å². The zero-order valence-electron chi connectivity index (χ0n) is 17.0. The quantitative estimate of drug-likeness (QED) is 0.622. The molecule has 0 spiro atoms. The number of ether oxygens (including phenoxy) is 1. The zero-order chi connectivity index (χ0) is 21.6. The Kier molecular flexibility index (Phi) is 7.90. The molecule has 1 aromatic rings. The Bertz CT molecular complexity index is 751. The SMILES string of the molecule is CCOC(=O)[C@H](CCc1ccccc1)N(C)[C@@H](C)C(=O)N1C(=O)CC[C@H]1C(=O)O. The van der Waals surface area contributed by atoms with Gasteiger partial charge in [0.25, 0.3) is 0 Å². The summed E-state index contributed by atoms with van der Waals surface area (Å²) in [5, 5.41) is 9.31. The van der Waals surface area contributed by atoms with Gasteiger partial charge in [-0.2, -0.15) is 0 Å². The number of likely N-dealkylation sites (N-methyl/N-ethyl adjacent to an activating group) is 1.